The molecule has 1 heterocycles. The van der Waals surface area contributed by atoms with Gasteiger partial charge in [0.15, 0.2) is 0 Å². The van der Waals surface area contributed by atoms with Crippen LogP contribution in [-0.2, 0) is 14.4 Å². The number of rotatable bonds is 3. The Bertz CT molecular complexity index is 371. The van der Waals surface area contributed by atoms with Crippen LogP contribution in [0.3, 0.4) is 0 Å². The monoisotopic (exact) mass is 208 g/mol. The summed E-state index contributed by atoms with van der Waals surface area (Å²) >= 11 is 0. The van der Waals surface area contributed by atoms with Crippen LogP contribution >= 0.6 is 0 Å². The lowest BCUT2D eigenvalue weighted by molar-refractivity contribution is -0.185. The van der Waals surface area contributed by atoms with Crippen molar-refractivity contribution >= 4 is 11.8 Å². The van der Waals surface area contributed by atoms with Crippen LogP contribution in [0.15, 0.2) is 23.3 Å². The van der Waals surface area contributed by atoms with Gasteiger partial charge in [0.05, 0.1) is 12.2 Å². The molecule has 0 atom stereocenters. The first-order valence-corrected chi connectivity index (χ1v) is 4.87. The molecule has 80 valence electrons. The maximum atomic E-state index is 11.7. The summed E-state index contributed by atoms with van der Waals surface area (Å²) in [6, 6.07) is 0. The van der Waals surface area contributed by atoms with Gasteiger partial charge in [-0.15, -0.1) is 5.06 Å². The van der Waals surface area contributed by atoms with Crippen LogP contribution < -0.4 is 5.73 Å². The lowest BCUT2D eigenvalue weighted by Gasteiger charge is -2.13. The van der Waals surface area contributed by atoms with Gasteiger partial charge in [0, 0.05) is 12.1 Å². The number of hydrogen-bond donors (Lipinski definition) is 1. The summed E-state index contributed by atoms with van der Waals surface area (Å²) in [6.45, 7) is 0.444. The Kier molecular flexibility index (Phi) is 2.66. The predicted molar refractivity (Wildman–Crippen MR) is 52.3 cm³/mol. The first kappa shape index (κ1) is 10.1. The molecule has 0 aromatic carbocycles. The van der Waals surface area contributed by atoms with Crippen molar-refractivity contribution in [2.75, 3.05) is 13.2 Å². The SMILES string of the molecule is NCCON1C(=O)C2=C(CCC=C2)C1=O. The van der Waals surface area contributed by atoms with Gasteiger partial charge < -0.3 is 5.73 Å². The third-order valence-electron chi connectivity index (χ3n) is 2.37. The van der Waals surface area contributed by atoms with E-state index in [1.807, 2.05) is 6.08 Å². The van der Waals surface area contributed by atoms with E-state index >= 15 is 0 Å². The van der Waals surface area contributed by atoms with Gasteiger partial charge in [-0.25, -0.2) is 0 Å². The smallest absolute Gasteiger partial charge is 0.285 e. The molecule has 0 radical (unpaired) electrons. The molecule has 15 heavy (non-hydrogen) atoms. The number of hydroxylamine groups is 2. The molecule has 0 aromatic rings. The summed E-state index contributed by atoms with van der Waals surface area (Å²) in [5.74, 6) is -0.716. The van der Waals surface area contributed by atoms with E-state index in [4.69, 9.17) is 10.6 Å². The average Bonchev–Trinajstić information content (AvgIpc) is 2.51. The largest absolute Gasteiger partial charge is 0.328 e. The first-order chi connectivity index (χ1) is 7.25. The van der Waals surface area contributed by atoms with Crippen molar-refractivity contribution in [3.05, 3.63) is 23.3 Å². The lowest BCUT2D eigenvalue weighted by atomic mass is 10.00. The quantitative estimate of drug-likeness (QED) is 0.657. The highest BCUT2D eigenvalue weighted by Gasteiger charge is 2.38. The minimum absolute atomic E-state index is 0.168. The molecule has 1 aliphatic heterocycles. The van der Waals surface area contributed by atoms with Gasteiger partial charge in [0.1, 0.15) is 0 Å². The third kappa shape index (κ3) is 1.60. The Morgan fingerprint density at radius 1 is 1.40 bits per heavy atom. The number of carbonyl (C=O) groups excluding carboxylic acids is 2. The zero-order chi connectivity index (χ0) is 10.8. The van der Waals surface area contributed by atoms with Gasteiger partial charge in [0.25, 0.3) is 11.8 Å². The molecule has 1 aliphatic carbocycles. The third-order valence-corrected chi connectivity index (χ3v) is 2.37. The van der Waals surface area contributed by atoms with Gasteiger partial charge >= 0.3 is 0 Å². The number of nitrogens with zero attached hydrogens (tertiary/aromatic N) is 1. The summed E-state index contributed by atoms with van der Waals surface area (Å²) in [5, 5.41) is 0.813. The van der Waals surface area contributed by atoms with Crippen molar-refractivity contribution in [1.29, 1.82) is 0 Å². The number of carbonyl (C=O) groups is 2. The average molecular weight is 208 g/mol. The molecule has 2 N–H and O–H groups in total. The van der Waals surface area contributed by atoms with Crippen molar-refractivity contribution in [2.24, 2.45) is 5.73 Å². The van der Waals surface area contributed by atoms with Gasteiger partial charge in [-0.2, -0.15) is 0 Å². The van der Waals surface area contributed by atoms with Gasteiger partial charge in [-0.05, 0) is 12.8 Å². The first-order valence-electron chi connectivity index (χ1n) is 4.87. The van der Waals surface area contributed by atoms with Crippen molar-refractivity contribution < 1.29 is 14.4 Å². The molecule has 0 bridgehead atoms. The van der Waals surface area contributed by atoms with Crippen LogP contribution in [0, 0.1) is 0 Å². The molecule has 0 saturated heterocycles. The fraction of sp³-hybridized carbons (Fsp3) is 0.400. The number of hydrogen-bond acceptors (Lipinski definition) is 4. The highest BCUT2D eigenvalue weighted by Crippen LogP contribution is 2.28. The summed E-state index contributed by atoms with van der Waals surface area (Å²) in [6.07, 6.45) is 4.97. The van der Waals surface area contributed by atoms with Crippen LogP contribution in [-0.4, -0.2) is 30.0 Å². The molecule has 0 spiro atoms. The van der Waals surface area contributed by atoms with Gasteiger partial charge in [-0.3, -0.25) is 14.4 Å². The zero-order valence-electron chi connectivity index (χ0n) is 8.23. The van der Waals surface area contributed by atoms with E-state index in [9.17, 15) is 9.59 Å². The number of allylic oxidation sites excluding steroid dienone is 1. The van der Waals surface area contributed by atoms with E-state index in [0.717, 1.165) is 11.5 Å². The van der Waals surface area contributed by atoms with Crippen molar-refractivity contribution in [3.8, 4) is 0 Å². The molecule has 0 unspecified atom stereocenters. The van der Waals surface area contributed by atoms with E-state index in [1.165, 1.54) is 0 Å². The van der Waals surface area contributed by atoms with Crippen LogP contribution in [0.25, 0.3) is 0 Å². The van der Waals surface area contributed by atoms with Crippen molar-refractivity contribution in [1.82, 2.24) is 5.06 Å². The normalized spacial score (nSPS) is 20.2. The lowest BCUT2D eigenvalue weighted by Crippen LogP contribution is -2.33. The van der Waals surface area contributed by atoms with E-state index < -0.39 is 0 Å². The standard InChI is InChI=1S/C10H12N2O3/c11-5-6-15-12-9(13)7-3-1-2-4-8(7)10(12)14/h1,3H,2,4-6,11H2. The fourth-order valence-electron chi connectivity index (χ4n) is 1.67. The highest BCUT2D eigenvalue weighted by molar-refractivity contribution is 6.20. The Balaban J connectivity index is 2.18. The van der Waals surface area contributed by atoms with Crippen molar-refractivity contribution in [2.45, 2.75) is 12.8 Å². The molecular weight excluding hydrogens is 196 g/mol. The van der Waals surface area contributed by atoms with Crippen molar-refractivity contribution in [3.63, 3.8) is 0 Å². The van der Waals surface area contributed by atoms with Crippen LogP contribution in [0.1, 0.15) is 12.8 Å². The van der Waals surface area contributed by atoms with Gasteiger partial charge in [-0.1, -0.05) is 12.2 Å². The topological polar surface area (TPSA) is 72.6 Å². The number of amides is 2. The predicted octanol–water partition coefficient (Wildman–Crippen LogP) is -0.108. The minimum atomic E-state index is -0.376. The second kappa shape index (κ2) is 3.96. The molecule has 0 saturated carbocycles. The Morgan fingerprint density at radius 2 is 2.20 bits per heavy atom. The van der Waals surface area contributed by atoms with Crippen LogP contribution in [0.5, 0.6) is 0 Å². The molecule has 2 rings (SSSR count). The highest BCUT2D eigenvalue weighted by atomic mass is 16.7. The van der Waals surface area contributed by atoms with E-state index in [2.05, 4.69) is 0 Å². The molecule has 2 aliphatic rings. The van der Waals surface area contributed by atoms with E-state index in [-0.39, 0.29) is 25.0 Å². The second-order valence-corrected chi connectivity index (χ2v) is 3.36. The molecule has 5 nitrogen and oxygen atoms in total. The summed E-state index contributed by atoms with van der Waals surface area (Å²) < 4.78 is 0. The Labute approximate surface area is 87.1 Å². The Morgan fingerprint density at radius 3 is 2.87 bits per heavy atom. The van der Waals surface area contributed by atoms with E-state index in [0.29, 0.717) is 17.6 Å². The maximum absolute atomic E-state index is 11.7. The molecule has 0 aromatic heterocycles. The minimum Gasteiger partial charge on any atom is -0.328 e. The fourth-order valence-corrected chi connectivity index (χ4v) is 1.67. The summed E-state index contributed by atoms with van der Waals surface area (Å²) in [5.41, 5.74) is 6.26. The molecule has 0 fully saturated rings. The van der Waals surface area contributed by atoms with Crippen LogP contribution in [0.2, 0.25) is 0 Å². The Hall–Kier alpha value is -1.46. The summed E-state index contributed by atoms with van der Waals surface area (Å²) in [4.78, 5) is 28.4. The summed E-state index contributed by atoms with van der Waals surface area (Å²) in [7, 11) is 0. The number of nitrogens with two attached hydrogens (primary N) is 1. The van der Waals surface area contributed by atoms with E-state index in [1.54, 1.807) is 6.08 Å². The molecule has 2 amide bonds. The zero-order valence-corrected chi connectivity index (χ0v) is 8.23. The molecule has 5 heteroatoms. The second-order valence-electron chi connectivity index (χ2n) is 3.36. The maximum Gasteiger partial charge on any atom is 0.285 e. The molecular formula is C10H12N2O3. The van der Waals surface area contributed by atoms with Crippen LogP contribution in [0.4, 0.5) is 0 Å². The number of imide groups is 1. The van der Waals surface area contributed by atoms with Gasteiger partial charge in [0.2, 0.25) is 0 Å².